The highest BCUT2D eigenvalue weighted by atomic mass is 16.4. The summed E-state index contributed by atoms with van der Waals surface area (Å²) < 4.78 is 0. The zero-order valence-corrected chi connectivity index (χ0v) is 19.0. The zero-order valence-electron chi connectivity index (χ0n) is 19.0. The van der Waals surface area contributed by atoms with Crippen LogP contribution in [0.1, 0.15) is 78.6 Å². The predicted molar refractivity (Wildman–Crippen MR) is 116 cm³/mol. The van der Waals surface area contributed by atoms with Crippen molar-refractivity contribution in [1.29, 1.82) is 0 Å². The molecule has 4 aliphatic carbocycles. The number of oxime groups is 1. The van der Waals surface area contributed by atoms with Gasteiger partial charge in [0.15, 0.2) is 0 Å². The molecule has 5 fully saturated rings. The van der Waals surface area contributed by atoms with Crippen molar-refractivity contribution in [2.24, 2.45) is 45.6 Å². The molecule has 4 unspecified atom stereocenters. The lowest BCUT2D eigenvalue weighted by Gasteiger charge is -2.64. The van der Waals surface area contributed by atoms with Crippen LogP contribution in [0.15, 0.2) is 5.16 Å². The number of carbonyl (C=O) groups is 1. The lowest BCUT2D eigenvalue weighted by molar-refractivity contribution is -0.153. The number of hydrogen-bond donors (Lipinski definition) is 2. The quantitative estimate of drug-likeness (QED) is 0.525. The summed E-state index contributed by atoms with van der Waals surface area (Å²) in [5, 5.41) is 25.8. The molecule has 0 bridgehead atoms. The van der Waals surface area contributed by atoms with E-state index in [1.54, 1.807) is 0 Å². The van der Waals surface area contributed by atoms with Crippen LogP contribution >= 0.6 is 0 Å². The number of Topliss-reactive ketones (excluding diaryl/α,β-unsaturated/α-hetero) is 1. The molecule has 0 aromatic rings. The summed E-state index contributed by atoms with van der Waals surface area (Å²) in [5.41, 5.74) is 0.467. The van der Waals surface area contributed by atoms with E-state index in [4.69, 9.17) is 0 Å². The number of fused-ring (bicyclic) bond motifs is 5. The minimum Gasteiger partial charge on any atom is -0.411 e. The SMILES string of the molecule is CCC1C(N2CCCC2)C/C(=N/O)[C@@]2(C)C1C(O)C[C@@H]1[C@H]2CC[C@]2(C)C(=O)CC[C@@H]12. The van der Waals surface area contributed by atoms with Crippen LogP contribution in [-0.2, 0) is 4.79 Å². The summed E-state index contributed by atoms with van der Waals surface area (Å²) in [5.74, 6) is 2.18. The molecule has 0 amide bonds. The van der Waals surface area contributed by atoms with E-state index < -0.39 is 0 Å². The maximum absolute atomic E-state index is 12.7. The molecule has 30 heavy (non-hydrogen) atoms. The highest BCUT2D eigenvalue weighted by Gasteiger charge is 2.66. The molecule has 5 rings (SSSR count). The first-order chi connectivity index (χ1) is 14.4. The smallest absolute Gasteiger partial charge is 0.139 e. The molecule has 4 saturated carbocycles. The molecule has 5 aliphatic rings. The van der Waals surface area contributed by atoms with Crippen molar-refractivity contribution < 1.29 is 15.1 Å². The lowest BCUT2D eigenvalue weighted by atomic mass is 9.42. The highest BCUT2D eigenvalue weighted by molar-refractivity contribution is 5.92. The summed E-state index contributed by atoms with van der Waals surface area (Å²) in [6, 6.07) is 0.384. The Morgan fingerprint density at radius 3 is 2.57 bits per heavy atom. The van der Waals surface area contributed by atoms with Gasteiger partial charge in [0, 0.05) is 35.6 Å². The topological polar surface area (TPSA) is 73.1 Å². The standard InChI is InChI=1S/C25H40N2O3/c1-4-15-19(27-11-5-6-12-27)14-21(26-30)25(3)18-9-10-24(2)17(7-8-22(24)29)16(18)13-20(28)23(15)25/h15-20,23,28,30H,4-14H2,1-3H3/b26-21-/t15?,16-,17-,18+,19?,20?,23?,24-,25-/m0/s1. The van der Waals surface area contributed by atoms with Crippen LogP contribution in [-0.4, -0.2) is 51.9 Å². The van der Waals surface area contributed by atoms with Crippen LogP contribution in [0.3, 0.4) is 0 Å². The van der Waals surface area contributed by atoms with Crippen LogP contribution in [0.4, 0.5) is 0 Å². The monoisotopic (exact) mass is 416 g/mol. The molecule has 9 atom stereocenters. The second-order valence-corrected chi connectivity index (χ2v) is 11.5. The minimum absolute atomic E-state index is 0.149. The van der Waals surface area contributed by atoms with Crippen LogP contribution in [0.5, 0.6) is 0 Å². The van der Waals surface area contributed by atoms with E-state index in [1.165, 1.54) is 12.8 Å². The summed E-state index contributed by atoms with van der Waals surface area (Å²) in [4.78, 5) is 15.3. The molecule has 0 spiro atoms. The number of carbonyl (C=O) groups excluding carboxylic acids is 1. The Morgan fingerprint density at radius 1 is 1.17 bits per heavy atom. The third-order valence-corrected chi connectivity index (χ3v) is 10.7. The van der Waals surface area contributed by atoms with Gasteiger partial charge < -0.3 is 10.3 Å². The number of nitrogens with zero attached hydrogens (tertiary/aromatic N) is 2. The van der Waals surface area contributed by atoms with E-state index in [2.05, 4.69) is 30.8 Å². The number of aliphatic hydroxyl groups excluding tert-OH is 1. The van der Waals surface area contributed by atoms with Crippen LogP contribution in [0.25, 0.3) is 0 Å². The van der Waals surface area contributed by atoms with E-state index in [0.717, 1.165) is 57.3 Å². The summed E-state index contributed by atoms with van der Waals surface area (Å²) >= 11 is 0. The zero-order chi connectivity index (χ0) is 21.3. The molecule has 1 aliphatic heterocycles. The van der Waals surface area contributed by atoms with Crippen molar-refractivity contribution in [2.45, 2.75) is 90.7 Å². The second kappa shape index (κ2) is 7.30. The van der Waals surface area contributed by atoms with Crippen molar-refractivity contribution in [1.82, 2.24) is 4.90 Å². The first-order valence-electron chi connectivity index (χ1n) is 12.5. The Hall–Kier alpha value is -0.940. The van der Waals surface area contributed by atoms with Gasteiger partial charge in [-0.3, -0.25) is 9.69 Å². The van der Waals surface area contributed by atoms with Gasteiger partial charge in [-0.1, -0.05) is 32.3 Å². The second-order valence-electron chi connectivity index (χ2n) is 11.5. The lowest BCUT2D eigenvalue weighted by Crippen LogP contribution is -2.66. The van der Waals surface area contributed by atoms with Gasteiger partial charge in [-0.15, -0.1) is 0 Å². The number of hydrogen-bond acceptors (Lipinski definition) is 5. The maximum atomic E-state index is 12.7. The fourth-order valence-corrected chi connectivity index (χ4v) is 9.30. The largest absolute Gasteiger partial charge is 0.411 e. The molecule has 1 saturated heterocycles. The van der Waals surface area contributed by atoms with Crippen molar-refractivity contribution in [2.75, 3.05) is 13.1 Å². The van der Waals surface area contributed by atoms with E-state index in [1.807, 2.05) is 0 Å². The van der Waals surface area contributed by atoms with Crippen molar-refractivity contribution in [3.8, 4) is 0 Å². The molecule has 1 heterocycles. The van der Waals surface area contributed by atoms with Crippen molar-refractivity contribution in [3.05, 3.63) is 0 Å². The molecule has 5 heteroatoms. The first kappa shape index (κ1) is 20.9. The Morgan fingerprint density at radius 2 is 1.90 bits per heavy atom. The maximum Gasteiger partial charge on any atom is 0.139 e. The van der Waals surface area contributed by atoms with Crippen molar-refractivity contribution in [3.63, 3.8) is 0 Å². The van der Waals surface area contributed by atoms with Gasteiger partial charge in [-0.05, 0) is 75.3 Å². The van der Waals surface area contributed by atoms with E-state index in [0.29, 0.717) is 41.9 Å². The Labute approximate surface area is 181 Å². The van der Waals surface area contributed by atoms with Gasteiger partial charge in [0.1, 0.15) is 5.78 Å². The van der Waals surface area contributed by atoms with Gasteiger partial charge in [0.2, 0.25) is 0 Å². The normalized spacial score (nSPS) is 52.9. The van der Waals surface area contributed by atoms with E-state index >= 15 is 0 Å². The molecule has 0 radical (unpaired) electrons. The van der Waals surface area contributed by atoms with Gasteiger partial charge >= 0.3 is 0 Å². The highest BCUT2D eigenvalue weighted by Crippen LogP contribution is 2.66. The molecular formula is C25H40N2O3. The van der Waals surface area contributed by atoms with E-state index in [-0.39, 0.29) is 22.9 Å². The van der Waals surface area contributed by atoms with Crippen LogP contribution < -0.4 is 0 Å². The average Bonchev–Trinajstić information content (AvgIpc) is 3.35. The molecule has 0 aromatic heterocycles. The Bertz CT molecular complexity index is 732. The van der Waals surface area contributed by atoms with Gasteiger partial charge in [0.25, 0.3) is 0 Å². The molecule has 2 N–H and O–H groups in total. The fourth-order valence-electron chi connectivity index (χ4n) is 9.30. The molecule has 0 aromatic carbocycles. The fraction of sp³-hybridized carbons (Fsp3) is 0.920. The number of aliphatic hydroxyl groups is 1. The average molecular weight is 417 g/mol. The van der Waals surface area contributed by atoms with Crippen molar-refractivity contribution >= 4 is 11.5 Å². The third kappa shape index (κ3) is 2.66. The van der Waals surface area contributed by atoms with Crippen LogP contribution in [0, 0.1) is 40.4 Å². The van der Waals surface area contributed by atoms with Gasteiger partial charge in [-0.25, -0.2) is 0 Å². The Balaban J connectivity index is 1.54. The summed E-state index contributed by atoms with van der Waals surface area (Å²) in [7, 11) is 0. The minimum atomic E-state index is -0.374. The van der Waals surface area contributed by atoms with E-state index in [9.17, 15) is 15.1 Å². The van der Waals surface area contributed by atoms with Gasteiger partial charge in [-0.2, -0.15) is 0 Å². The first-order valence-corrected chi connectivity index (χ1v) is 12.5. The summed E-state index contributed by atoms with van der Waals surface area (Å²) in [6.45, 7) is 9.03. The predicted octanol–water partition coefficient (Wildman–Crippen LogP) is 4.11. The molecular weight excluding hydrogens is 376 g/mol. The third-order valence-electron chi connectivity index (χ3n) is 10.7. The van der Waals surface area contributed by atoms with Crippen LogP contribution in [0.2, 0.25) is 0 Å². The molecule has 168 valence electrons. The Kier molecular flexibility index (Phi) is 5.09. The van der Waals surface area contributed by atoms with Gasteiger partial charge in [0.05, 0.1) is 11.8 Å². The molecule has 5 nitrogen and oxygen atoms in total. The number of ketones is 1. The number of likely N-dealkylation sites (tertiary alicyclic amines) is 1. The summed E-state index contributed by atoms with van der Waals surface area (Å²) in [6.07, 6.45) is 8.51. The number of rotatable bonds is 2.